The van der Waals surface area contributed by atoms with Crippen LogP contribution < -0.4 is 5.32 Å². The van der Waals surface area contributed by atoms with Crippen molar-refractivity contribution < 1.29 is 4.79 Å². The van der Waals surface area contributed by atoms with Crippen molar-refractivity contribution in [1.29, 1.82) is 0 Å². The summed E-state index contributed by atoms with van der Waals surface area (Å²) in [6.07, 6.45) is 4.23. The number of hydrogen-bond donors (Lipinski definition) is 1. The van der Waals surface area contributed by atoms with Gasteiger partial charge in [0.2, 0.25) is 0 Å². The van der Waals surface area contributed by atoms with Crippen LogP contribution in [-0.4, -0.2) is 25.2 Å². The lowest BCUT2D eigenvalue weighted by Gasteiger charge is -2.19. The van der Waals surface area contributed by atoms with Crippen LogP contribution in [0, 0.1) is 12.8 Å². The average Bonchev–Trinajstić information content (AvgIpc) is 2.96. The van der Waals surface area contributed by atoms with E-state index >= 15 is 0 Å². The van der Waals surface area contributed by atoms with Gasteiger partial charge in [0.15, 0.2) is 0 Å². The van der Waals surface area contributed by atoms with E-state index in [0.29, 0.717) is 11.5 Å². The van der Waals surface area contributed by atoms with Crippen LogP contribution in [0.15, 0.2) is 18.6 Å². The molecular weight excluding hydrogens is 266 g/mol. The highest BCUT2D eigenvalue weighted by molar-refractivity contribution is 5.95. The summed E-state index contributed by atoms with van der Waals surface area (Å²) < 4.78 is 3.65. The summed E-state index contributed by atoms with van der Waals surface area (Å²) in [4.78, 5) is 16.8. The molecule has 0 fully saturated rings. The van der Waals surface area contributed by atoms with Gasteiger partial charge in [0.25, 0.3) is 5.91 Å². The Morgan fingerprint density at radius 2 is 2.10 bits per heavy atom. The number of carbonyl (C=O) groups excluding carboxylic acids is 1. The van der Waals surface area contributed by atoms with Crippen LogP contribution in [0.4, 0.5) is 0 Å². The molecule has 0 saturated carbocycles. The van der Waals surface area contributed by atoms with Gasteiger partial charge in [-0.1, -0.05) is 13.8 Å². The van der Waals surface area contributed by atoms with Gasteiger partial charge in [-0.3, -0.25) is 9.48 Å². The SMILES string of the molecule is Cc1c(C(=O)NC(CC(C)C)c2ncnn2C)ccn1C. The zero-order valence-electron chi connectivity index (χ0n) is 13.3. The summed E-state index contributed by atoms with van der Waals surface area (Å²) in [6.45, 7) is 6.20. The van der Waals surface area contributed by atoms with Crippen LogP contribution in [0.5, 0.6) is 0 Å². The Labute approximate surface area is 125 Å². The fourth-order valence-electron chi connectivity index (χ4n) is 2.41. The topological polar surface area (TPSA) is 64.7 Å². The van der Waals surface area contributed by atoms with E-state index in [1.54, 1.807) is 4.68 Å². The summed E-state index contributed by atoms with van der Waals surface area (Å²) in [5.41, 5.74) is 1.65. The lowest BCUT2D eigenvalue weighted by molar-refractivity contribution is 0.0928. The third kappa shape index (κ3) is 3.32. The molecule has 0 aliphatic rings. The Kier molecular flexibility index (Phi) is 4.45. The van der Waals surface area contributed by atoms with Crippen LogP contribution >= 0.6 is 0 Å². The largest absolute Gasteiger partial charge is 0.354 e. The molecule has 0 spiro atoms. The maximum atomic E-state index is 12.5. The van der Waals surface area contributed by atoms with Crippen molar-refractivity contribution >= 4 is 5.91 Å². The first kappa shape index (κ1) is 15.3. The minimum Gasteiger partial charge on any atom is -0.354 e. The van der Waals surface area contributed by atoms with Crippen LogP contribution in [0.2, 0.25) is 0 Å². The molecule has 6 heteroatoms. The van der Waals surface area contributed by atoms with E-state index < -0.39 is 0 Å². The van der Waals surface area contributed by atoms with Crippen molar-refractivity contribution in [3.63, 3.8) is 0 Å². The zero-order chi connectivity index (χ0) is 15.6. The molecule has 2 heterocycles. The first-order valence-electron chi connectivity index (χ1n) is 7.16. The molecule has 0 bridgehead atoms. The summed E-state index contributed by atoms with van der Waals surface area (Å²) in [6, 6.07) is 1.71. The fourth-order valence-corrected chi connectivity index (χ4v) is 2.41. The maximum Gasteiger partial charge on any atom is 0.253 e. The zero-order valence-corrected chi connectivity index (χ0v) is 13.3. The monoisotopic (exact) mass is 289 g/mol. The molecule has 1 atom stereocenters. The van der Waals surface area contributed by atoms with Gasteiger partial charge in [-0.2, -0.15) is 5.10 Å². The Bertz CT molecular complexity index is 626. The van der Waals surface area contributed by atoms with Gasteiger partial charge in [0.05, 0.1) is 11.6 Å². The predicted molar refractivity (Wildman–Crippen MR) is 80.8 cm³/mol. The summed E-state index contributed by atoms with van der Waals surface area (Å²) in [7, 11) is 3.77. The van der Waals surface area contributed by atoms with Gasteiger partial charge in [0, 0.05) is 26.0 Å². The summed E-state index contributed by atoms with van der Waals surface area (Å²) >= 11 is 0. The first-order chi connectivity index (χ1) is 9.90. The highest BCUT2D eigenvalue weighted by atomic mass is 16.1. The Hall–Kier alpha value is -2.11. The molecule has 0 aromatic carbocycles. The maximum absolute atomic E-state index is 12.5. The summed E-state index contributed by atoms with van der Waals surface area (Å²) in [5.74, 6) is 1.16. The molecule has 2 aromatic heterocycles. The number of aromatic nitrogens is 4. The minimum absolute atomic E-state index is 0.0678. The van der Waals surface area contributed by atoms with E-state index in [0.717, 1.165) is 17.9 Å². The molecule has 0 aliphatic heterocycles. The van der Waals surface area contributed by atoms with Crippen molar-refractivity contribution in [3.8, 4) is 0 Å². The summed E-state index contributed by atoms with van der Waals surface area (Å²) in [5, 5.41) is 7.18. The second-order valence-corrected chi connectivity index (χ2v) is 5.82. The van der Waals surface area contributed by atoms with Crippen molar-refractivity contribution in [1.82, 2.24) is 24.6 Å². The molecule has 6 nitrogen and oxygen atoms in total. The Balaban J connectivity index is 2.21. The van der Waals surface area contributed by atoms with Crippen molar-refractivity contribution in [2.75, 3.05) is 0 Å². The molecule has 1 amide bonds. The van der Waals surface area contributed by atoms with Crippen molar-refractivity contribution in [3.05, 3.63) is 35.7 Å². The minimum atomic E-state index is -0.135. The van der Waals surface area contributed by atoms with Crippen molar-refractivity contribution in [2.24, 2.45) is 20.0 Å². The van der Waals surface area contributed by atoms with E-state index in [-0.39, 0.29) is 11.9 Å². The van der Waals surface area contributed by atoms with E-state index in [1.165, 1.54) is 6.33 Å². The van der Waals surface area contributed by atoms with Crippen LogP contribution in [-0.2, 0) is 14.1 Å². The highest BCUT2D eigenvalue weighted by Crippen LogP contribution is 2.20. The second kappa shape index (κ2) is 6.11. The predicted octanol–water partition coefficient (Wildman–Crippen LogP) is 1.98. The van der Waals surface area contributed by atoms with E-state index in [9.17, 15) is 4.79 Å². The van der Waals surface area contributed by atoms with Gasteiger partial charge in [0.1, 0.15) is 12.2 Å². The van der Waals surface area contributed by atoms with Crippen LogP contribution in [0.25, 0.3) is 0 Å². The number of amides is 1. The van der Waals surface area contributed by atoms with Crippen LogP contribution in [0.1, 0.15) is 48.2 Å². The molecule has 0 radical (unpaired) electrons. The molecule has 114 valence electrons. The van der Waals surface area contributed by atoms with Gasteiger partial charge >= 0.3 is 0 Å². The van der Waals surface area contributed by atoms with E-state index in [4.69, 9.17) is 0 Å². The molecule has 1 N–H and O–H groups in total. The Morgan fingerprint density at radius 1 is 1.38 bits per heavy atom. The Morgan fingerprint density at radius 3 is 2.57 bits per heavy atom. The van der Waals surface area contributed by atoms with Gasteiger partial charge < -0.3 is 9.88 Å². The standard InChI is InChI=1S/C15H23N5O/c1-10(2)8-13(14-16-9-17-20(14)5)18-15(21)12-6-7-19(4)11(12)3/h6-7,9-10,13H,8H2,1-5H3,(H,18,21). The lowest BCUT2D eigenvalue weighted by atomic mass is 10.0. The molecule has 1 unspecified atom stereocenters. The van der Waals surface area contributed by atoms with Gasteiger partial charge in [-0.05, 0) is 25.3 Å². The number of hydrogen-bond acceptors (Lipinski definition) is 3. The van der Waals surface area contributed by atoms with E-state index in [1.807, 2.05) is 37.8 Å². The van der Waals surface area contributed by atoms with Gasteiger partial charge in [-0.15, -0.1) is 0 Å². The number of carbonyl (C=O) groups is 1. The quantitative estimate of drug-likeness (QED) is 0.915. The first-order valence-corrected chi connectivity index (χ1v) is 7.16. The van der Waals surface area contributed by atoms with Gasteiger partial charge in [-0.25, -0.2) is 4.98 Å². The molecule has 2 aromatic rings. The normalized spacial score (nSPS) is 12.7. The third-order valence-electron chi connectivity index (χ3n) is 3.70. The van der Waals surface area contributed by atoms with Crippen LogP contribution in [0.3, 0.4) is 0 Å². The molecule has 0 saturated heterocycles. The second-order valence-electron chi connectivity index (χ2n) is 5.82. The average molecular weight is 289 g/mol. The smallest absolute Gasteiger partial charge is 0.253 e. The third-order valence-corrected chi connectivity index (χ3v) is 3.70. The fraction of sp³-hybridized carbons (Fsp3) is 0.533. The molecule has 21 heavy (non-hydrogen) atoms. The number of aryl methyl sites for hydroxylation is 2. The molecular formula is C15H23N5O. The van der Waals surface area contributed by atoms with E-state index in [2.05, 4.69) is 29.2 Å². The molecule has 0 aliphatic carbocycles. The number of rotatable bonds is 5. The number of nitrogens with one attached hydrogen (secondary N) is 1. The lowest BCUT2D eigenvalue weighted by Crippen LogP contribution is -2.31. The highest BCUT2D eigenvalue weighted by Gasteiger charge is 2.22. The number of nitrogens with zero attached hydrogens (tertiary/aromatic N) is 4. The molecule has 2 rings (SSSR count). The van der Waals surface area contributed by atoms with Crippen molar-refractivity contribution in [2.45, 2.75) is 33.2 Å².